The minimum Gasteiger partial charge on any atom is -0.493 e. The Morgan fingerprint density at radius 3 is 2.64 bits per heavy atom. The third-order valence-electron chi connectivity index (χ3n) is 3.69. The van der Waals surface area contributed by atoms with E-state index >= 15 is 0 Å². The number of ether oxygens (including phenoxy) is 4. The van der Waals surface area contributed by atoms with Crippen LogP contribution in [0.3, 0.4) is 0 Å². The Hall–Kier alpha value is -2.64. The van der Waals surface area contributed by atoms with Crippen molar-refractivity contribution in [2.45, 2.75) is 13.0 Å². The van der Waals surface area contributed by atoms with Crippen molar-refractivity contribution in [1.82, 2.24) is 0 Å². The van der Waals surface area contributed by atoms with Crippen molar-refractivity contribution in [3.63, 3.8) is 0 Å². The largest absolute Gasteiger partial charge is 0.493 e. The maximum absolute atomic E-state index is 11.1. The van der Waals surface area contributed by atoms with Crippen LogP contribution < -0.4 is 18.9 Å². The third kappa shape index (κ3) is 1.99. The highest BCUT2D eigenvalue weighted by Gasteiger charge is 2.40. The molecule has 22 heavy (non-hydrogen) atoms. The molecule has 1 N–H and O–H groups in total. The van der Waals surface area contributed by atoms with E-state index in [4.69, 9.17) is 28.9 Å². The lowest BCUT2D eigenvalue weighted by Crippen LogP contribution is -2.21. The molecule has 0 saturated heterocycles. The molecular weight excluding hydrogens is 294 g/mol. The lowest BCUT2D eigenvalue weighted by Gasteiger charge is -2.19. The Morgan fingerprint density at radius 2 is 2.05 bits per heavy atom. The molecular formula is C14H15NO7. The summed E-state index contributed by atoms with van der Waals surface area (Å²) in [6.45, 7) is 1.78. The molecule has 8 heteroatoms. The van der Waals surface area contributed by atoms with Crippen molar-refractivity contribution in [2.75, 3.05) is 21.0 Å². The second-order valence-corrected chi connectivity index (χ2v) is 4.86. The highest BCUT2D eigenvalue weighted by Crippen LogP contribution is 2.52. The molecule has 118 valence electrons. The molecule has 0 saturated carbocycles. The molecule has 0 radical (unpaired) electrons. The van der Waals surface area contributed by atoms with Gasteiger partial charge in [-0.3, -0.25) is 0 Å². The number of carboxylic acids is 1. The molecule has 0 bridgehead atoms. The molecule has 3 rings (SSSR count). The SMILES string of the molecule is COc1cc(C2ON=C(C(=O)O)C2C)c(OC)c2c1OCO2. The molecule has 1 aromatic carbocycles. The summed E-state index contributed by atoms with van der Waals surface area (Å²) in [5.41, 5.74) is 0.555. The zero-order chi connectivity index (χ0) is 15.9. The number of benzene rings is 1. The summed E-state index contributed by atoms with van der Waals surface area (Å²) in [7, 11) is 3.00. The molecule has 0 aliphatic carbocycles. The van der Waals surface area contributed by atoms with Crippen LogP contribution in [0.2, 0.25) is 0 Å². The summed E-state index contributed by atoms with van der Waals surface area (Å²) in [5, 5.41) is 12.8. The van der Waals surface area contributed by atoms with E-state index in [-0.39, 0.29) is 12.5 Å². The van der Waals surface area contributed by atoms with E-state index in [1.807, 2.05) is 0 Å². The normalized spacial score (nSPS) is 22.0. The zero-order valence-electron chi connectivity index (χ0n) is 12.3. The molecule has 0 aromatic heterocycles. The topological polar surface area (TPSA) is 95.8 Å². The van der Waals surface area contributed by atoms with Gasteiger partial charge in [0.2, 0.25) is 18.3 Å². The summed E-state index contributed by atoms with van der Waals surface area (Å²) in [4.78, 5) is 16.4. The first-order valence-corrected chi connectivity index (χ1v) is 6.60. The summed E-state index contributed by atoms with van der Waals surface area (Å²) >= 11 is 0. The second-order valence-electron chi connectivity index (χ2n) is 4.86. The maximum atomic E-state index is 11.1. The van der Waals surface area contributed by atoms with Gasteiger partial charge < -0.3 is 28.9 Å². The number of carbonyl (C=O) groups is 1. The van der Waals surface area contributed by atoms with E-state index in [1.165, 1.54) is 14.2 Å². The van der Waals surface area contributed by atoms with Crippen molar-refractivity contribution in [2.24, 2.45) is 11.1 Å². The Kier molecular flexibility index (Phi) is 3.44. The summed E-state index contributed by atoms with van der Waals surface area (Å²) in [6.07, 6.45) is -0.607. The fourth-order valence-electron chi connectivity index (χ4n) is 2.60. The fourth-order valence-corrected chi connectivity index (χ4v) is 2.60. The van der Waals surface area contributed by atoms with Crippen LogP contribution in [0.4, 0.5) is 0 Å². The monoisotopic (exact) mass is 309 g/mol. The molecule has 2 unspecified atom stereocenters. The summed E-state index contributed by atoms with van der Waals surface area (Å²) < 4.78 is 21.5. The van der Waals surface area contributed by atoms with E-state index in [0.29, 0.717) is 28.6 Å². The van der Waals surface area contributed by atoms with Crippen LogP contribution in [-0.4, -0.2) is 37.8 Å². The van der Waals surface area contributed by atoms with Crippen molar-refractivity contribution >= 4 is 11.7 Å². The number of methoxy groups -OCH3 is 2. The van der Waals surface area contributed by atoms with Crippen LogP contribution in [0.15, 0.2) is 11.2 Å². The van der Waals surface area contributed by atoms with Gasteiger partial charge >= 0.3 is 5.97 Å². The third-order valence-corrected chi connectivity index (χ3v) is 3.69. The highest BCUT2D eigenvalue weighted by molar-refractivity contribution is 6.36. The van der Waals surface area contributed by atoms with Gasteiger partial charge in [0.15, 0.2) is 23.3 Å². The molecule has 2 heterocycles. The van der Waals surface area contributed by atoms with Crippen LogP contribution >= 0.6 is 0 Å². The van der Waals surface area contributed by atoms with E-state index in [0.717, 1.165) is 0 Å². The van der Waals surface area contributed by atoms with Gasteiger partial charge in [0.1, 0.15) is 0 Å². The predicted octanol–water partition coefficient (Wildman–Crippen LogP) is 1.58. The molecule has 2 aliphatic rings. The van der Waals surface area contributed by atoms with Crippen LogP contribution in [0.5, 0.6) is 23.0 Å². The smallest absolute Gasteiger partial charge is 0.354 e. The van der Waals surface area contributed by atoms with E-state index in [2.05, 4.69) is 5.16 Å². The Morgan fingerprint density at radius 1 is 1.32 bits per heavy atom. The van der Waals surface area contributed by atoms with Gasteiger partial charge in [-0.25, -0.2) is 4.79 Å². The average molecular weight is 309 g/mol. The molecule has 8 nitrogen and oxygen atoms in total. The van der Waals surface area contributed by atoms with Crippen molar-refractivity contribution < 1.29 is 33.7 Å². The van der Waals surface area contributed by atoms with Crippen molar-refractivity contribution in [3.8, 4) is 23.0 Å². The Bertz CT molecular complexity index is 655. The molecule has 0 spiro atoms. The number of hydrogen-bond donors (Lipinski definition) is 1. The van der Waals surface area contributed by atoms with Crippen LogP contribution in [0.1, 0.15) is 18.6 Å². The van der Waals surface area contributed by atoms with Crippen LogP contribution in [0, 0.1) is 5.92 Å². The molecule has 1 aromatic rings. The van der Waals surface area contributed by atoms with Gasteiger partial charge in [0, 0.05) is 5.56 Å². The summed E-state index contributed by atoms with van der Waals surface area (Å²) in [5.74, 6) is 0.192. The van der Waals surface area contributed by atoms with Gasteiger partial charge in [0.05, 0.1) is 20.1 Å². The number of rotatable bonds is 4. The van der Waals surface area contributed by atoms with Crippen LogP contribution in [-0.2, 0) is 9.63 Å². The first-order chi connectivity index (χ1) is 10.6. The zero-order valence-corrected chi connectivity index (χ0v) is 12.3. The molecule has 0 fully saturated rings. The maximum Gasteiger partial charge on any atom is 0.354 e. The van der Waals surface area contributed by atoms with Gasteiger partial charge in [-0.05, 0) is 6.07 Å². The van der Waals surface area contributed by atoms with E-state index in [1.54, 1.807) is 13.0 Å². The highest BCUT2D eigenvalue weighted by atomic mass is 16.7. The first kappa shape index (κ1) is 14.3. The second kappa shape index (κ2) is 5.28. The number of fused-ring (bicyclic) bond motifs is 1. The van der Waals surface area contributed by atoms with Gasteiger partial charge in [-0.2, -0.15) is 0 Å². The Labute approximate surface area is 126 Å². The number of oxime groups is 1. The Balaban J connectivity index is 2.07. The number of nitrogens with zero attached hydrogens (tertiary/aromatic N) is 1. The van der Waals surface area contributed by atoms with E-state index in [9.17, 15) is 4.79 Å². The quantitative estimate of drug-likeness (QED) is 0.902. The predicted molar refractivity (Wildman–Crippen MR) is 73.7 cm³/mol. The minimum atomic E-state index is -1.11. The van der Waals surface area contributed by atoms with Crippen molar-refractivity contribution in [3.05, 3.63) is 11.6 Å². The van der Waals surface area contributed by atoms with Crippen molar-refractivity contribution in [1.29, 1.82) is 0 Å². The molecule has 0 amide bonds. The number of aliphatic carboxylic acids is 1. The van der Waals surface area contributed by atoms with Gasteiger partial charge in [-0.15, -0.1) is 0 Å². The number of carboxylic acid groups (broad SMARTS) is 1. The lowest BCUT2D eigenvalue weighted by molar-refractivity contribution is -0.129. The van der Waals surface area contributed by atoms with Gasteiger partial charge in [0.25, 0.3) is 0 Å². The molecule has 2 atom stereocenters. The first-order valence-electron chi connectivity index (χ1n) is 6.60. The number of hydrogen-bond acceptors (Lipinski definition) is 7. The molecule has 2 aliphatic heterocycles. The summed E-state index contributed by atoms with van der Waals surface area (Å²) in [6, 6.07) is 1.69. The van der Waals surface area contributed by atoms with Gasteiger partial charge in [-0.1, -0.05) is 12.1 Å². The van der Waals surface area contributed by atoms with E-state index < -0.39 is 18.0 Å². The fraction of sp³-hybridized carbons (Fsp3) is 0.429. The minimum absolute atomic E-state index is 0.0383. The average Bonchev–Trinajstić information content (AvgIpc) is 3.12. The standard InChI is InChI=1S/C14H15NO7/c1-6-9(14(16)17)15-22-10(6)7-4-8(18-2)12-13(11(7)19-3)21-5-20-12/h4,6,10H,5H2,1-3H3,(H,16,17). The lowest BCUT2D eigenvalue weighted by atomic mass is 9.92. The van der Waals surface area contributed by atoms with Crippen LogP contribution in [0.25, 0.3) is 0 Å².